The van der Waals surface area contributed by atoms with Gasteiger partial charge >= 0.3 is 0 Å². The summed E-state index contributed by atoms with van der Waals surface area (Å²) in [5.74, 6) is 1.30. The van der Waals surface area contributed by atoms with Crippen LogP contribution in [0.25, 0.3) is 0 Å². The van der Waals surface area contributed by atoms with Crippen LogP contribution in [0.5, 0.6) is 0 Å². The molecule has 0 aliphatic heterocycles. The normalized spacial score (nSPS) is 10.7. The number of aromatic nitrogens is 2. The molecule has 12 heavy (non-hydrogen) atoms. The summed E-state index contributed by atoms with van der Waals surface area (Å²) in [6.07, 6.45) is 0. The summed E-state index contributed by atoms with van der Waals surface area (Å²) in [6, 6.07) is 0. The molecule has 0 unspecified atom stereocenters. The van der Waals surface area contributed by atoms with E-state index in [0.29, 0.717) is 12.5 Å². The second-order valence-electron chi connectivity index (χ2n) is 2.83. The Hall–Kier alpha value is -0.680. The lowest BCUT2D eigenvalue weighted by molar-refractivity contribution is 0.799. The molecule has 0 saturated carbocycles. The van der Waals surface area contributed by atoms with Crippen molar-refractivity contribution < 1.29 is 0 Å². The zero-order valence-electron chi connectivity index (χ0n) is 7.37. The van der Waals surface area contributed by atoms with Crippen LogP contribution in [0.4, 0.5) is 5.13 Å². The minimum Gasteiger partial charge on any atom is -0.359 e. The molecular weight excluding hydrogens is 172 g/mol. The molecule has 3 N–H and O–H groups in total. The summed E-state index contributed by atoms with van der Waals surface area (Å²) in [4.78, 5) is 4.29. The first-order valence-electron chi connectivity index (χ1n) is 4.01. The molecule has 68 valence electrons. The van der Waals surface area contributed by atoms with Crippen molar-refractivity contribution in [3.63, 3.8) is 0 Å². The highest BCUT2D eigenvalue weighted by atomic mass is 32.1. The van der Waals surface area contributed by atoms with E-state index >= 15 is 0 Å². The van der Waals surface area contributed by atoms with E-state index in [-0.39, 0.29) is 0 Å². The van der Waals surface area contributed by atoms with Crippen molar-refractivity contribution in [1.29, 1.82) is 0 Å². The zero-order valence-corrected chi connectivity index (χ0v) is 8.19. The van der Waals surface area contributed by atoms with E-state index < -0.39 is 0 Å². The van der Waals surface area contributed by atoms with E-state index in [9.17, 15) is 0 Å². The number of nitrogens with two attached hydrogens (primary N) is 1. The third-order valence-electron chi connectivity index (χ3n) is 1.38. The highest BCUT2D eigenvalue weighted by molar-refractivity contribution is 7.09. The van der Waals surface area contributed by atoms with Gasteiger partial charge in [0.25, 0.3) is 0 Å². The van der Waals surface area contributed by atoms with Crippen LogP contribution in [0.2, 0.25) is 0 Å². The maximum absolute atomic E-state index is 5.34. The fourth-order valence-electron chi connectivity index (χ4n) is 0.720. The molecule has 0 amide bonds. The lowest BCUT2D eigenvalue weighted by Crippen LogP contribution is -2.12. The second-order valence-corrected chi connectivity index (χ2v) is 3.58. The number of hydrogen-bond donors (Lipinski definition) is 2. The van der Waals surface area contributed by atoms with Crippen molar-refractivity contribution in [3.05, 3.63) is 5.82 Å². The van der Waals surface area contributed by atoms with Gasteiger partial charge in [0.1, 0.15) is 5.82 Å². The fourth-order valence-corrected chi connectivity index (χ4v) is 1.45. The largest absolute Gasteiger partial charge is 0.359 e. The zero-order chi connectivity index (χ0) is 8.97. The third-order valence-corrected chi connectivity index (χ3v) is 2.07. The van der Waals surface area contributed by atoms with Crippen molar-refractivity contribution in [3.8, 4) is 0 Å². The van der Waals surface area contributed by atoms with Crippen LogP contribution in [0, 0.1) is 0 Å². The maximum atomic E-state index is 5.34. The molecule has 0 spiro atoms. The Morgan fingerprint density at radius 1 is 1.58 bits per heavy atom. The summed E-state index contributed by atoms with van der Waals surface area (Å²) < 4.78 is 4.20. The van der Waals surface area contributed by atoms with Crippen molar-refractivity contribution >= 4 is 16.7 Å². The van der Waals surface area contributed by atoms with Gasteiger partial charge in [0.15, 0.2) is 0 Å². The van der Waals surface area contributed by atoms with Crippen molar-refractivity contribution in [1.82, 2.24) is 9.36 Å². The average molecular weight is 186 g/mol. The van der Waals surface area contributed by atoms with Crippen molar-refractivity contribution in [2.45, 2.75) is 19.8 Å². The van der Waals surface area contributed by atoms with Crippen molar-refractivity contribution in [2.24, 2.45) is 5.73 Å². The van der Waals surface area contributed by atoms with Gasteiger partial charge in [-0.25, -0.2) is 4.98 Å². The molecule has 0 fully saturated rings. The molecule has 1 heterocycles. The molecule has 1 aromatic heterocycles. The van der Waals surface area contributed by atoms with Crippen LogP contribution in [-0.4, -0.2) is 22.4 Å². The molecule has 1 aromatic rings. The van der Waals surface area contributed by atoms with Crippen molar-refractivity contribution in [2.75, 3.05) is 18.4 Å². The SMILES string of the molecule is CC(C)c1nsc(NCCN)n1. The standard InChI is InChI=1S/C7H14N4S/c1-5(2)6-10-7(12-11-6)9-4-3-8/h5H,3-4,8H2,1-2H3,(H,9,10,11). The van der Waals surface area contributed by atoms with E-state index in [1.807, 2.05) is 0 Å². The summed E-state index contributed by atoms with van der Waals surface area (Å²) >= 11 is 1.39. The molecule has 0 radical (unpaired) electrons. The number of hydrogen-bond acceptors (Lipinski definition) is 5. The summed E-state index contributed by atoms with van der Waals surface area (Å²) in [5, 5.41) is 3.95. The Morgan fingerprint density at radius 3 is 2.83 bits per heavy atom. The van der Waals surface area contributed by atoms with Gasteiger partial charge in [-0.1, -0.05) is 13.8 Å². The first-order chi connectivity index (χ1) is 5.74. The molecule has 5 heteroatoms. The number of nitrogens with zero attached hydrogens (tertiary/aromatic N) is 2. The summed E-state index contributed by atoms with van der Waals surface area (Å²) in [7, 11) is 0. The lowest BCUT2D eigenvalue weighted by Gasteiger charge is -1.97. The number of nitrogens with one attached hydrogen (secondary N) is 1. The van der Waals surface area contributed by atoms with E-state index in [1.165, 1.54) is 11.5 Å². The van der Waals surface area contributed by atoms with Crippen LogP contribution < -0.4 is 11.1 Å². The van der Waals surface area contributed by atoms with Crippen LogP contribution in [0.15, 0.2) is 0 Å². The molecule has 0 aromatic carbocycles. The molecule has 0 bridgehead atoms. The van der Waals surface area contributed by atoms with Gasteiger partial charge in [0.2, 0.25) is 5.13 Å². The van der Waals surface area contributed by atoms with Gasteiger partial charge in [-0.05, 0) is 0 Å². The van der Waals surface area contributed by atoms with Crippen LogP contribution in [0.1, 0.15) is 25.6 Å². The Kier molecular flexibility index (Phi) is 3.43. The molecule has 1 rings (SSSR count). The van der Waals surface area contributed by atoms with Gasteiger partial charge in [0.05, 0.1) is 0 Å². The predicted molar refractivity (Wildman–Crippen MR) is 51.5 cm³/mol. The third kappa shape index (κ3) is 2.42. The van der Waals surface area contributed by atoms with Crippen LogP contribution in [-0.2, 0) is 0 Å². The summed E-state index contributed by atoms with van der Waals surface area (Å²) in [6.45, 7) is 5.53. The molecule has 0 atom stereocenters. The van der Waals surface area contributed by atoms with Gasteiger partial charge < -0.3 is 11.1 Å². The van der Waals surface area contributed by atoms with Gasteiger partial charge in [-0.2, -0.15) is 4.37 Å². The molecular formula is C7H14N4S. The first-order valence-corrected chi connectivity index (χ1v) is 4.79. The minimum atomic E-state index is 0.398. The monoisotopic (exact) mass is 186 g/mol. The van der Waals surface area contributed by atoms with E-state index in [1.54, 1.807) is 0 Å². The Bertz CT molecular complexity index is 233. The molecule has 0 aliphatic rings. The van der Waals surface area contributed by atoms with Gasteiger partial charge in [0, 0.05) is 30.5 Å². The summed E-state index contributed by atoms with van der Waals surface area (Å²) in [5.41, 5.74) is 5.34. The second kappa shape index (κ2) is 4.37. The quantitative estimate of drug-likeness (QED) is 0.737. The van der Waals surface area contributed by atoms with E-state index in [4.69, 9.17) is 5.73 Å². The van der Waals surface area contributed by atoms with Crippen LogP contribution in [0.3, 0.4) is 0 Å². The highest BCUT2D eigenvalue weighted by Crippen LogP contribution is 2.16. The number of anilines is 1. The molecule has 0 aliphatic carbocycles. The lowest BCUT2D eigenvalue weighted by atomic mass is 10.2. The first kappa shape index (κ1) is 9.41. The fraction of sp³-hybridized carbons (Fsp3) is 0.714. The van der Waals surface area contributed by atoms with E-state index in [0.717, 1.165) is 17.5 Å². The average Bonchev–Trinajstić information content (AvgIpc) is 2.48. The molecule has 0 saturated heterocycles. The Labute approximate surface area is 76.4 Å². The topological polar surface area (TPSA) is 63.8 Å². The Morgan fingerprint density at radius 2 is 2.33 bits per heavy atom. The highest BCUT2D eigenvalue weighted by Gasteiger charge is 2.05. The minimum absolute atomic E-state index is 0.398. The number of rotatable bonds is 4. The van der Waals surface area contributed by atoms with E-state index in [2.05, 4.69) is 28.5 Å². The molecule has 4 nitrogen and oxygen atoms in total. The van der Waals surface area contributed by atoms with Gasteiger partial charge in [-0.15, -0.1) is 0 Å². The predicted octanol–water partition coefficient (Wildman–Crippen LogP) is 1.03. The van der Waals surface area contributed by atoms with Crippen LogP contribution >= 0.6 is 11.5 Å². The smallest absolute Gasteiger partial charge is 0.202 e. The Balaban J connectivity index is 2.52. The van der Waals surface area contributed by atoms with Gasteiger partial charge in [-0.3, -0.25) is 0 Å². The maximum Gasteiger partial charge on any atom is 0.202 e.